The normalized spacial score (nSPS) is 30.6. The van der Waals surface area contributed by atoms with Crippen LogP contribution in [0, 0.1) is 11.8 Å². The quantitative estimate of drug-likeness (QED) is 0.515. The Kier molecular flexibility index (Phi) is 5.85. The van der Waals surface area contributed by atoms with E-state index in [9.17, 15) is 9.90 Å². The third-order valence-corrected chi connectivity index (χ3v) is 8.79. The average molecular weight is 435 g/mol. The molecule has 4 heteroatoms. The number of benzene rings is 2. The van der Waals surface area contributed by atoms with Crippen LogP contribution in [0.25, 0.3) is 0 Å². The van der Waals surface area contributed by atoms with Gasteiger partial charge in [0.1, 0.15) is 12.6 Å². The molecule has 0 spiro atoms. The van der Waals surface area contributed by atoms with E-state index in [-0.39, 0.29) is 12.0 Å². The maximum Gasteiger partial charge on any atom is 0.343 e. The van der Waals surface area contributed by atoms with Crippen LogP contribution < -0.4 is 0 Å². The lowest BCUT2D eigenvalue weighted by molar-refractivity contribution is -0.972. The molecule has 3 saturated heterocycles. The Morgan fingerprint density at radius 1 is 0.969 bits per heavy atom. The summed E-state index contributed by atoms with van der Waals surface area (Å²) in [5.41, 5.74) is 0.490. The molecule has 1 saturated carbocycles. The van der Waals surface area contributed by atoms with Crippen molar-refractivity contribution in [3.63, 3.8) is 0 Å². The van der Waals surface area contributed by atoms with Crippen molar-refractivity contribution in [2.75, 3.05) is 19.6 Å². The molecule has 0 aromatic heterocycles. The summed E-state index contributed by atoms with van der Waals surface area (Å²) in [6, 6.07) is 20.6. The van der Waals surface area contributed by atoms with Crippen LogP contribution in [0.3, 0.4) is 0 Å². The summed E-state index contributed by atoms with van der Waals surface area (Å²) in [4.78, 5) is 13.7. The first-order chi connectivity index (χ1) is 15.5. The van der Waals surface area contributed by atoms with Crippen molar-refractivity contribution in [1.29, 1.82) is 0 Å². The first kappa shape index (κ1) is 21.7. The van der Waals surface area contributed by atoms with Crippen LogP contribution in [0.15, 0.2) is 60.7 Å². The van der Waals surface area contributed by atoms with Gasteiger partial charge in [-0.2, -0.15) is 0 Å². The number of fused-ring (bicyclic) bond motifs is 3. The molecule has 3 aliphatic heterocycles. The number of hydrogen-bond donors (Lipinski definition) is 1. The van der Waals surface area contributed by atoms with Gasteiger partial charge in [0, 0.05) is 30.2 Å². The topological polar surface area (TPSA) is 46.5 Å². The summed E-state index contributed by atoms with van der Waals surface area (Å²) >= 11 is 0. The maximum atomic E-state index is 13.7. The highest BCUT2D eigenvalue weighted by atomic mass is 16.6. The van der Waals surface area contributed by atoms with Gasteiger partial charge in [-0.3, -0.25) is 0 Å². The van der Waals surface area contributed by atoms with Gasteiger partial charge in [-0.25, -0.2) is 4.79 Å². The van der Waals surface area contributed by atoms with Crippen LogP contribution in [0.5, 0.6) is 0 Å². The van der Waals surface area contributed by atoms with Crippen LogP contribution in [-0.4, -0.2) is 41.3 Å². The largest absolute Gasteiger partial charge is 0.454 e. The van der Waals surface area contributed by atoms with Crippen molar-refractivity contribution >= 4 is 5.97 Å². The molecule has 4 nitrogen and oxygen atoms in total. The van der Waals surface area contributed by atoms with Crippen LogP contribution >= 0.6 is 0 Å². The number of esters is 1. The van der Waals surface area contributed by atoms with Gasteiger partial charge in [0.25, 0.3) is 0 Å². The smallest absolute Gasteiger partial charge is 0.343 e. The molecular weight excluding hydrogens is 398 g/mol. The van der Waals surface area contributed by atoms with Gasteiger partial charge in [0.05, 0.1) is 13.1 Å². The second-order valence-electron chi connectivity index (χ2n) is 10.3. The number of piperidine rings is 3. The molecule has 1 unspecified atom stereocenters. The van der Waals surface area contributed by atoms with Crippen LogP contribution in [0.2, 0.25) is 0 Å². The van der Waals surface area contributed by atoms with Gasteiger partial charge in [0.15, 0.2) is 11.7 Å². The summed E-state index contributed by atoms with van der Waals surface area (Å²) in [7, 11) is 0. The Labute approximate surface area is 191 Å². The molecule has 2 aromatic rings. The number of rotatable bonds is 6. The number of quaternary nitrogens is 1. The van der Waals surface area contributed by atoms with E-state index in [0.29, 0.717) is 17.5 Å². The van der Waals surface area contributed by atoms with Gasteiger partial charge in [-0.1, -0.05) is 73.5 Å². The van der Waals surface area contributed by atoms with E-state index in [4.69, 9.17) is 4.74 Å². The zero-order chi connectivity index (χ0) is 22.2. The first-order valence-electron chi connectivity index (χ1n) is 12.4. The minimum Gasteiger partial charge on any atom is -0.454 e. The molecular formula is C28H36NO3+. The predicted octanol–water partition coefficient (Wildman–Crippen LogP) is 4.98. The Morgan fingerprint density at radius 3 is 2.19 bits per heavy atom. The molecule has 2 aromatic carbocycles. The van der Waals surface area contributed by atoms with Gasteiger partial charge in [-0.05, 0) is 25.3 Å². The number of carbonyl (C=O) groups excluding carboxylic acids is 1. The molecule has 0 amide bonds. The zero-order valence-electron chi connectivity index (χ0n) is 19.2. The van der Waals surface area contributed by atoms with Gasteiger partial charge >= 0.3 is 5.97 Å². The van der Waals surface area contributed by atoms with Crippen molar-refractivity contribution in [3.05, 3.63) is 71.8 Å². The SMILES string of the molecule is CC(c1ccccc1)[N+]12CCC(CC1)[C@@H](OC(=O)[C@@](O)(c1ccccc1)C1CCCC1)C2. The number of nitrogens with zero attached hydrogens (tertiary/aromatic N) is 1. The number of aliphatic hydroxyl groups is 1. The summed E-state index contributed by atoms with van der Waals surface area (Å²) in [6.07, 6.45) is 5.93. The van der Waals surface area contributed by atoms with E-state index in [0.717, 1.165) is 62.6 Å². The van der Waals surface area contributed by atoms with E-state index in [1.807, 2.05) is 30.3 Å². The van der Waals surface area contributed by atoms with E-state index >= 15 is 0 Å². The lowest BCUT2D eigenvalue weighted by Crippen LogP contribution is -2.65. The standard InChI is InChI=1S/C28H36NO3/c1-21(22-10-4-2-5-11-22)29-18-16-23(17-19-29)26(20-29)32-27(30)28(31,25-14-8-9-15-25)24-12-6-3-7-13-24/h2-7,10-13,21,23,25-26,31H,8-9,14-20H2,1H3/q+1/t21?,23?,26-,28+,29?/m0/s1. The summed E-state index contributed by atoms with van der Waals surface area (Å²) in [5.74, 6) is -0.0877. The number of hydrogen-bond acceptors (Lipinski definition) is 3. The van der Waals surface area contributed by atoms with Crippen LogP contribution in [-0.2, 0) is 15.1 Å². The minimum atomic E-state index is -1.54. The zero-order valence-corrected chi connectivity index (χ0v) is 19.2. The summed E-state index contributed by atoms with van der Waals surface area (Å²) < 4.78 is 7.24. The van der Waals surface area contributed by atoms with Crippen molar-refractivity contribution in [3.8, 4) is 0 Å². The first-order valence-corrected chi connectivity index (χ1v) is 12.4. The van der Waals surface area contributed by atoms with Gasteiger partial charge in [0.2, 0.25) is 0 Å². The molecule has 3 atom stereocenters. The highest BCUT2D eigenvalue weighted by Crippen LogP contribution is 2.45. The molecule has 0 radical (unpaired) electrons. The third kappa shape index (κ3) is 3.68. The molecule has 1 N–H and O–H groups in total. The number of ether oxygens (including phenoxy) is 1. The Bertz CT molecular complexity index is 916. The van der Waals surface area contributed by atoms with E-state index in [1.54, 1.807) is 0 Å². The van der Waals surface area contributed by atoms with Crippen LogP contribution in [0.1, 0.15) is 62.6 Å². The van der Waals surface area contributed by atoms with Crippen molar-refractivity contribution in [2.45, 2.75) is 63.2 Å². The molecule has 1 aliphatic carbocycles. The highest BCUT2D eigenvalue weighted by molar-refractivity contribution is 5.81. The molecule has 6 rings (SSSR count). The van der Waals surface area contributed by atoms with Gasteiger partial charge in [-0.15, -0.1) is 0 Å². The van der Waals surface area contributed by atoms with Crippen molar-refractivity contribution in [1.82, 2.24) is 0 Å². The fourth-order valence-electron chi connectivity index (χ4n) is 6.67. The lowest BCUT2D eigenvalue weighted by atomic mass is 9.79. The lowest BCUT2D eigenvalue weighted by Gasteiger charge is -2.55. The molecule has 170 valence electrons. The summed E-state index contributed by atoms with van der Waals surface area (Å²) in [5, 5.41) is 11.8. The molecule has 2 bridgehead atoms. The van der Waals surface area contributed by atoms with E-state index < -0.39 is 11.6 Å². The average Bonchev–Trinajstić information content (AvgIpc) is 3.40. The van der Waals surface area contributed by atoms with Gasteiger partial charge < -0.3 is 14.3 Å². The molecule has 3 heterocycles. The second-order valence-corrected chi connectivity index (χ2v) is 10.3. The highest BCUT2D eigenvalue weighted by Gasteiger charge is 2.53. The summed E-state index contributed by atoms with van der Waals surface area (Å²) in [6.45, 7) is 5.45. The van der Waals surface area contributed by atoms with Crippen molar-refractivity contribution < 1.29 is 19.1 Å². The van der Waals surface area contributed by atoms with Crippen LogP contribution in [0.4, 0.5) is 0 Å². The van der Waals surface area contributed by atoms with Crippen molar-refractivity contribution in [2.24, 2.45) is 11.8 Å². The number of carbonyl (C=O) groups is 1. The Hall–Kier alpha value is -2.17. The Balaban J connectivity index is 1.38. The third-order valence-electron chi connectivity index (χ3n) is 8.79. The minimum absolute atomic E-state index is 0.0649. The second kappa shape index (κ2) is 8.64. The Morgan fingerprint density at radius 2 is 1.56 bits per heavy atom. The maximum absolute atomic E-state index is 13.7. The predicted molar refractivity (Wildman–Crippen MR) is 125 cm³/mol. The fourth-order valence-corrected chi connectivity index (χ4v) is 6.67. The van der Waals surface area contributed by atoms with E-state index in [2.05, 4.69) is 37.3 Å². The fraction of sp³-hybridized carbons (Fsp3) is 0.536. The monoisotopic (exact) mass is 434 g/mol. The molecule has 4 fully saturated rings. The molecule has 32 heavy (non-hydrogen) atoms. The molecule has 4 aliphatic rings. The van der Waals surface area contributed by atoms with E-state index in [1.165, 1.54) is 5.56 Å².